The molecule has 1 aliphatic heterocycles. The Labute approximate surface area is 125 Å². The van der Waals surface area contributed by atoms with E-state index in [4.69, 9.17) is 9.47 Å². The molecule has 0 saturated carbocycles. The quantitative estimate of drug-likeness (QED) is 0.880. The molecule has 0 unspecified atom stereocenters. The lowest BCUT2D eigenvalue weighted by atomic mass is 10.1. The fourth-order valence-electron chi connectivity index (χ4n) is 2.04. The summed E-state index contributed by atoms with van der Waals surface area (Å²) in [5.74, 6) is -0.565. The van der Waals surface area contributed by atoms with Gasteiger partial charge in [0.15, 0.2) is 5.79 Å². The van der Waals surface area contributed by atoms with Gasteiger partial charge in [-0.15, -0.1) is 0 Å². The molecule has 0 atom stereocenters. The SMILES string of the molecule is CNS(=O)(=O)c1ccc(C)c(NC2COC(C)(C)OC2)c1. The minimum absolute atomic E-state index is 0.00994. The van der Waals surface area contributed by atoms with Gasteiger partial charge in [0, 0.05) is 5.69 Å². The molecule has 0 radical (unpaired) electrons. The second kappa shape index (κ2) is 5.92. The molecule has 6 nitrogen and oxygen atoms in total. The van der Waals surface area contributed by atoms with Crippen LogP contribution in [0.1, 0.15) is 19.4 Å². The number of hydrogen-bond donors (Lipinski definition) is 2. The highest BCUT2D eigenvalue weighted by Gasteiger charge is 2.28. The standard InChI is InChI=1S/C14H22N2O4S/c1-10-5-6-12(21(17,18)15-4)7-13(10)16-11-8-19-14(2,3)20-9-11/h5-7,11,15-16H,8-9H2,1-4H3. The van der Waals surface area contributed by atoms with Crippen LogP contribution in [0.15, 0.2) is 23.1 Å². The van der Waals surface area contributed by atoms with Crippen molar-refractivity contribution >= 4 is 15.7 Å². The second-order valence-electron chi connectivity index (χ2n) is 5.55. The molecule has 1 aromatic rings. The Hall–Kier alpha value is -1.15. The van der Waals surface area contributed by atoms with Crippen LogP contribution in [0.3, 0.4) is 0 Å². The molecule has 2 N–H and O–H groups in total. The summed E-state index contributed by atoms with van der Waals surface area (Å²) in [5.41, 5.74) is 1.73. The van der Waals surface area contributed by atoms with E-state index in [0.717, 1.165) is 11.3 Å². The van der Waals surface area contributed by atoms with Crippen molar-refractivity contribution in [1.29, 1.82) is 0 Å². The van der Waals surface area contributed by atoms with Crippen molar-refractivity contribution < 1.29 is 17.9 Å². The normalized spacial score (nSPS) is 19.4. The summed E-state index contributed by atoms with van der Waals surface area (Å²) in [5, 5.41) is 3.28. The third-order valence-corrected chi connectivity index (χ3v) is 4.82. The van der Waals surface area contributed by atoms with Gasteiger partial charge >= 0.3 is 0 Å². The van der Waals surface area contributed by atoms with Crippen LogP contribution in [0.2, 0.25) is 0 Å². The first-order valence-electron chi connectivity index (χ1n) is 6.82. The highest BCUT2D eigenvalue weighted by Crippen LogP contribution is 2.23. The molecule has 0 amide bonds. The minimum atomic E-state index is -3.45. The third-order valence-electron chi connectivity index (χ3n) is 3.41. The van der Waals surface area contributed by atoms with E-state index in [1.54, 1.807) is 18.2 Å². The first-order chi connectivity index (χ1) is 9.73. The largest absolute Gasteiger partial charge is 0.377 e. The Balaban J connectivity index is 2.15. The number of nitrogens with one attached hydrogen (secondary N) is 2. The first kappa shape index (κ1) is 16.2. The molecule has 1 fully saturated rings. The van der Waals surface area contributed by atoms with Gasteiger partial charge < -0.3 is 14.8 Å². The number of anilines is 1. The maximum atomic E-state index is 11.9. The van der Waals surface area contributed by atoms with Crippen LogP contribution in [0, 0.1) is 6.92 Å². The Morgan fingerprint density at radius 2 is 1.86 bits per heavy atom. The maximum absolute atomic E-state index is 11.9. The lowest BCUT2D eigenvalue weighted by molar-refractivity contribution is -0.247. The molecule has 118 valence electrons. The topological polar surface area (TPSA) is 76.7 Å². The number of sulfonamides is 1. The fourth-order valence-corrected chi connectivity index (χ4v) is 2.79. The van der Waals surface area contributed by atoms with E-state index in [9.17, 15) is 8.42 Å². The lowest BCUT2D eigenvalue weighted by Crippen LogP contribution is -2.45. The molecule has 0 aromatic heterocycles. The van der Waals surface area contributed by atoms with Gasteiger partial charge in [0.1, 0.15) is 0 Å². The van der Waals surface area contributed by atoms with Gasteiger partial charge in [-0.3, -0.25) is 0 Å². The second-order valence-corrected chi connectivity index (χ2v) is 7.43. The zero-order valence-electron chi connectivity index (χ0n) is 12.8. The van der Waals surface area contributed by atoms with Crippen molar-refractivity contribution in [2.45, 2.75) is 37.5 Å². The molecule has 2 rings (SSSR count). The lowest BCUT2D eigenvalue weighted by Gasteiger charge is -2.35. The molecule has 1 aromatic carbocycles. The number of hydrogen-bond acceptors (Lipinski definition) is 5. The summed E-state index contributed by atoms with van der Waals surface area (Å²) < 4.78 is 37.2. The van der Waals surface area contributed by atoms with Gasteiger partial charge in [0.05, 0.1) is 24.2 Å². The average molecular weight is 314 g/mol. The molecule has 1 saturated heterocycles. The number of aryl methyl sites for hydroxylation is 1. The van der Waals surface area contributed by atoms with Crippen LogP contribution in [0.5, 0.6) is 0 Å². The van der Waals surface area contributed by atoms with E-state index < -0.39 is 15.8 Å². The van der Waals surface area contributed by atoms with E-state index in [1.165, 1.54) is 7.05 Å². The molecule has 7 heteroatoms. The summed E-state index contributed by atoms with van der Waals surface area (Å²) in [6.07, 6.45) is 0. The highest BCUT2D eigenvalue weighted by molar-refractivity contribution is 7.89. The number of benzene rings is 1. The predicted octanol–water partition coefficient (Wildman–Crippen LogP) is 1.47. The van der Waals surface area contributed by atoms with Gasteiger partial charge in [0.2, 0.25) is 10.0 Å². The highest BCUT2D eigenvalue weighted by atomic mass is 32.2. The molecule has 0 bridgehead atoms. The number of ether oxygens (including phenoxy) is 2. The van der Waals surface area contributed by atoms with Crippen LogP contribution in [0.4, 0.5) is 5.69 Å². The van der Waals surface area contributed by atoms with Crippen LogP contribution in [-0.2, 0) is 19.5 Å². The minimum Gasteiger partial charge on any atom is -0.377 e. The van der Waals surface area contributed by atoms with Gasteiger partial charge in [-0.2, -0.15) is 0 Å². The van der Waals surface area contributed by atoms with E-state index in [2.05, 4.69) is 10.0 Å². The Morgan fingerprint density at radius 1 is 1.24 bits per heavy atom. The van der Waals surface area contributed by atoms with Crippen molar-refractivity contribution in [2.24, 2.45) is 0 Å². The first-order valence-corrected chi connectivity index (χ1v) is 8.30. The van der Waals surface area contributed by atoms with Crippen molar-refractivity contribution in [2.75, 3.05) is 25.6 Å². The van der Waals surface area contributed by atoms with Crippen LogP contribution < -0.4 is 10.0 Å². The van der Waals surface area contributed by atoms with Crippen molar-refractivity contribution in [3.05, 3.63) is 23.8 Å². The smallest absolute Gasteiger partial charge is 0.240 e. The van der Waals surface area contributed by atoms with E-state index in [-0.39, 0.29) is 10.9 Å². The summed E-state index contributed by atoms with van der Waals surface area (Å²) in [7, 11) is -2.05. The molecule has 21 heavy (non-hydrogen) atoms. The maximum Gasteiger partial charge on any atom is 0.240 e. The monoisotopic (exact) mass is 314 g/mol. The van der Waals surface area contributed by atoms with E-state index in [0.29, 0.717) is 13.2 Å². The molecule has 0 spiro atoms. The van der Waals surface area contributed by atoms with Crippen LogP contribution in [-0.4, -0.2) is 40.5 Å². The summed E-state index contributed by atoms with van der Waals surface area (Å²) in [4.78, 5) is 0.232. The summed E-state index contributed by atoms with van der Waals surface area (Å²) >= 11 is 0. The molecule has 1 aliphatic rings. The van der Waals surface area contributed by atoms with E-state index >= 15 is 0 Å². The van der Waals surface area contributed by atoms with Gasteiger partial charge in [-0.25, -0.2) is 13.1 Å². The predicted molar refractivity (Wildman–Crippen MR) is 80.8 cm³/mol. The average Bonchev–Trinajstić information content (AvgIpc) is 2.43. The van der Waals surface area contributed by atoms with Gasteiger partial charge in [0.25, 0.3) is 0 Å². The summed E-state index contributed by atoms with van der Waals surface area (Å²) in [6.45, 7) is 6.68. The zero-order chi connectivity index (χ0) is 15.7. The molecular formula is C14H22N2O4S. The molecular weight excluding hydrogens is 292 g/mol. The van der Waals surface area contributed by atoms with Gasteiger partial charge in [-0.05, 0) is 45.5 Å². The third kappa shape index (κ3) is 3.94. The zero-order valence-corrected chi connectivity index (χ0v) is 13.6. The van der Waals surface area contributed by atoms with Crippen molar-refractivity contribution in [3.63, 3.8) is 0 Å². The molecule has 1 heterocycles. The van der Waals surface area contributed by atoms with Crippen molar-refractivity contribution in [3.8, 4) is 0 Å². The van der Waals surface area contributed by atoms with E-state index in [1.807, 2.05) is 20.8 Å². The van der Waals surface area contributed by atoms with Gasteiger partial charge in [-0.1, -0.05) is 6.07 Å². The molecule has 0 aliphatic carbocycles. The Kier molecular flexibility index (Phi) is 4.57. The Morgan fingerprint density at radius 3 is 2.43 bits per heavy atom. The van der Waals surface area contributed by atoms with Crippen LogP contribution in [0.25, 0.3) is 0 Å². The fraction of sp³-hybridized carbons (Fsp3) is 0.571. The van der Waals surface area contributed by atoms with Crippen molar-refractivity contribution in [1.82, 2.24) is 4.72 Å². The Bertz CT molecular complexity index is 603. The number of rotatable bonds is 4. The summed E-state index contributed by atoms with van der Waals surface area (Å²) in [6, 6.07) is 4.98. The van der Waals surface area contributed by atoms with Crippen LogP contribution >= 0.6 is 0 Å².